The van der Waals surface area contributed by atoms with Crippen LogP contribution in [0.1, 0.15) is 59.2 Å². The van der Waals surface area contributed by atoms with Crippen LogP contribution in [0, 0.1) is 0 Å². The average molecular weight is 575 g/mol. The number of imide groups is 1. The molecule has 40 heavy (non-hydrogen) atoms. The van der Waals surface area contributed by atoms with Crippen LogP contribution in [0.4, 0.5) is 0 Å². The second-order valence-corrected chi connectivity index (χ2v) is 12.7. The van der Waals surface area contributed by atoms with Crippen molar-refractivity contribution in [2.45, 2.75) is 63.6 Å². The molecule has 2 amide bonds. The summed E-state index contributed by atoms with van der Waals surface area (Å²) in [6.07, 6.45) is 7.09. The molecule has 0 radical (unpaired) electrons. The third-order valence-electron chi connectivity index (χ3n) is 8.77. The van der Waals surface area contributed by atoms with Crippen LogP contribution < -0.4 is 4.74 Å². The molecule has 8 nitrogen and oxygen atoms in total. The van der Waals surface area contributed by atoms with E-state index >= 15 is 0 Å². The summed E-state index contributed by atoms with van der Waals surface area (Å²) in [5, 5.41) is 5.08. The summed E-state index contributed by atoms with van der Waals surface area (Å²) in [5.74, 6) is 1.42. The second-order valence-electron chi connectivity index (χ2n) is 11.2. The normalized spacial score (nSPS) is 22.5. The summed E-state index contributed by atoms with van der Waals surface area (Å²) in [6.45, 7) is 2.64. The first kappa shape index (κ1) is 24.5. The number of hydrogen-bond acceptors (Lipinski definition) is 8. The number of fused-ring (bicyclic) bond motifs is 3. The Morgan fingerprint density at radius 1 is 1.05 bits per heavy atom. The highest BCUT2D eigenvalue weighted by atomic mass is 35.5. The number of likely N-dealkylation sites (tertiary alicyclic amines) is 2. The van der Waals surface area contributed by atoms with Crippen molar-refractivity contribution < 1.29 is 18.8 Å². The first-order valence-corrected chi connectivity index (χ1v) is 15.1. The van der Waals surface area contributed by atoms with Gasteiger partial charge in [-0.25, -0.2) is 0 Å². The molecule has 0 spiro atoms. The number of carbonyl (C=O) groups is 2. The zero-order valence-corrected chi connectivity index (χ0v) is 23.4. The first-order valence-electron chi connectivity index (χ1n) is 13.9. The molecule has 1 aromatic carbocycles. The van der Waals surface area contributed by atoms with Crippen LogP contribution in [0.5, 0.6) is 5.75 Å². The van der Waals surface area contributed by atoms with Crippen molar-refractivity contribution >= 4 is 45.0 Å². The standard InChI is InChI=1S/C30H27ClN4O4S/c31-17-10-16-11-25(29-22-13-18(34-8-1-9-34)2-3-23(22)33-39-29)38-28(16)21(12-17)20-6-7-32-24-14-19(40-30(20)24)15-35-26(36)4-5-27(35)37/h6-7,10,12,14,18,25H,1-5,8-9,11,13,15H2/t18?,25-/m1/s1. The molecule has 6 heterocycles. The fourth-order valence-electron chi connectivity index (χ4n) is 6.59. The Kier molecular flexibility index (Phi) is 5.76. The minimum atomic E-state index is -0.248. The summed E-state index contributed by atoms with van der Waals surface area (Å²) in [4.78, 5) is 33.8. The van der Waals surface area contributed by atoms with Crippen LogP contribution in [0.2, 0.25) is 5.02 Å². The van der Waals surface area contributed by atoms with Crippen LogP contribution in [-0.4, -0.2) is 50.9 Å². The Morgan fingerprint density at radius 2 is 1.90 bits per heavy atom. The van der Waals surface area contributed by atoms with Gasteiger partial charge in [0.15, 0.2) is 11.9 Å². The van der Waals surface area contributed by atoms with Crippen molar-refractivity contribution in [2.75, 3.05) is 13.1 Å². The minimum Gasteiger partial charge on any atom is -0.481 e. The third kappa shape index (κ3) is 3.97. The molecule has 8 rings (SSSR count). The van der Waals surface area contributed by atoms with Gasteiger partial charge in [0.25, 0.3) is 0 Å². The lowest BCUT2D eigenvalue weighted by Gasteiger charge is -2.40. The fourth-order valence-corrected chi connectivity index (χ4v) is 7.96. The van der Waals surface area contributed by atoms with Gasteiger partial charge in [0.2, 0.25) is 11.8 Å². The lowest BCUT2D eigenvalue weighted by Crippen LogP contribution is -2.47. The summed E-state index contributed by atoms with van der Waals surface area (Å²) < 4.78 is 13.6. The quantitative estimate of drug-likeness (QED) is 0.291. The number of nitrogens with zero attached hydrogens (tertiary/aromatic N) is 4. The van der Waals surface area contributed by atoms with Crippen molar-refractivity contribution in [1.82, 2.24) is 19.9 Å². The average Bonchev–Trinajstić information content (AvgIpc) is 3.69. The highest BCUT2D eigenvalue weighted by Gasteiger charge is 2.38. The van der Waals surface area contributed by atoms with Crippen LogP contribution >= 0.6 is 22.9 Å². The van der Waals surface area contributed by atoms with E-state index in [2.05, 4.69) is 15.0 Å². The highest BCUT2D eigenvalue weighted by molar-refractivity contribution is 7.19. The Morgan fingerprint density at radius 3 is 2.70 bits per heavy atom. The minimum absolute atomic E-state index is 0.117. The number of pyridine rings is 1. The van der Waals surface area contributed by atoms with E-state index in [0.29, 0.717) is 17.5 Å². The van der Waals surface area contributed by atoms with Crippen LogP contribution in [0.25, 0.3) is 21.3 Å². The number of thiophene rings is 1. The monoisotopic (exact) mass is 574 g/mol. The largest absolute Gasteiger partial charge is 0.481 e. The lowest BCUT2D eigenvalue weighted by atomic mass is 9.88. The maximum atomic E-state index is 12.2. The second kappa shape index (κ2) is 9.39. The van der Waals surface area contributed by atoms with Crippen molar-refractivity contribution in [2.24, 2.45) is 0 Å². The van der Waals surface area contributed by atoms with Gasteiger partial charge in [0, 0.05) is 63.7 Å². The number of amides is 2. The van der Waals surface area contributed by atoms with E-state index in [9.17, 15) is 9.59 Å². The van der Waals surface area contributed by atoms with Gasteiger partial charge in [-0.1, -0.05) is 16.8 Å². The summed E-state index contributed by atoms with van der Waals surface area (Å²) >= 11 is 8.20. The molecule has 3 aromatic heterocycles. The molecule has 204 valence electrons. The summed E-state index contributed by atoms with van der Waals surface area (Å²) in [7, 11) is 0. The topological polar surface area (TPSA) is 88.8 Å². The number of rotatable bonds is 5. The smallest absolute Gasteiger partial charge is 0.230 e. The zero-order chi connectivity index (χ0) is 27.0. The van der Waals surface area contributed by atoms with Gasteiger partial charge >= 0.3 is 0 Å². The third-order valence-corrected chi connectivity index (χ3v) is 10.1. The van der Waals surface area contributed by atoms with Crippen LogP contribution in [0.3, 0.4) is 0 Å². The van der Waals surface area contributed by atoms with Crippen LogP contribution in [-0.2, 0) is 35.4 Å². The van der Waals surface area contributed by atoms with E-state index in [-0.39, 0.29) is 37.3 Å². The predicted molar refractivity (Wildman–Crippen MR) is 150 cm³/mol. The Hall–Kier alpha value is -3.27. The van der Waals surface area contributed by atoms with E-state index in [4.69, 9.17) is 20.9 Å². The Labute approximate surface area is 239 Å². The van der Waals surface area contributed by atoms with Gasteiger partial charge in [-0.15, -0.1) is 11.3 Å². The van der Waals surface area contributed by atoms with E-state index in [1.54, 1.807) is 17.5 Å². The molecule has 2 saturated heterocycles. The molecule has 4 aromatic rings. The zero-order valence-electron chi connectivity index (χ0n) is 21.8. The number of aromatic nitrogens is 2. The SMILES string of the molecule is O=C1CCC(=O)N1Cc1cc2nccc(-c3cc(Cl)cc4c3O[C@@H](c3onc5c3CC(N3CCC3)CC5)C4)c2s1. The lowest BCUT2D eigenvalue weighted by molar-refractivity contribution is -0.138. The molecular weight excluding hydrogens is 548 g/mol. The molecular formula is C30H27ClN4O4S. The van der Waals surface area contributed by atoms with E-state index in [0.717, 1.165) is 68.3 Å². The summed E-state index contributed by atoms with van der Waals surface area (Å²) in [5.41, 5.74) is 6.03. The maximum absolute atomic E-state index is 12.2. The molecule has 0 bridgehead atoms. The number of carbonyl (C=O) groups excluding carboxylic acids is 2. The maximum Gasteiger partial charge on any atom is 0.230 e. The van der Waals surface area contributed by atoms with Crippen molar-refractivity contribution in [1.29, 1.82) is 0 Å². The van der Waals surface area contributed by atoms with Gasteiger partial charge < -0.3 is 9.26 Å². The molecule has 0 N–H and O–H groups in total. The predicted octanol–water partition coefficient (Wildman–Crippen LogP) is 5.49. The molecule has 2 atom stereocenters. The van der Waals surface area contributed by atoms with Crippen molar-refractivity contribution in [3.05, 3.63) is 62.9 Å². The van der Waals surface area contributed by atoms with Gasteiger partial charge in [0.05, 0.1) is 22.5 Å². The number of ether oxygens (including phenoxy) is 1. The Bertz CT molecular complexity index is 1680. The molecule has 4 aliphatic rings. The molecule has 3 aliphatic heterocycles. The number of benzene rings is 1. The molecule has 1 unspecified atom stereocenters. The van der Waals surface area contributed by atoms with Gasteiger partial charge in [0.1, 0.15) is 5.75 Å². The number of aryl methyl sites for hydroxylation is 1. The fraction of sp³-hybridized carbons (Fsp3) is 0.400. The van der Waals surface area contributed by atoms with Crippen LogP contribution in [0.15, 0.2) is 35.0 Å². The van der Waals surface area contributed by atoms with E-state index in [1.165, 1.54) is 30.0 Å². The number of hydrogen-bond donors (Lipinski definition) is 0. The van der Waals surface area contributed by atoms with Gasteiger partial charge in [-0.05, 0) is 63.0 Å². The van der Waals surface area contributed by atoms with E-state index in [1.807, 2.05) is 24.3 Å². The van der Waals surface area contributed by atoms with Gasteiger partial charge in [-0.2, -0.15) is 0 Å². The first-order chi connectivity index (χ1) is 19.5. The summed E-state index contributed by atoms with van der Waals surface area (Å²) in [6, 6.07) is 8.42. The van der Waals surface area contributed by atoms with Gasteiger partial charge in [-0.3, -0.25) is 24.4 Å². The highest BCUT2D eigenvalue weighted by Crippen LogP contribution is 2.48. The van der Waals surface area contributed by atoms with Crippen molar-refractivity contribution in [3.8, 4) is 16.9 Å². The molecule has 10 heteroatoms. The van der Waals surface area contributed by atoms with E-state index < -0.39 is 0 Å². The number of halogens is 1. The Balaban J connectivity index is 1.13. The molecule has 2 fully saturated rings. The molecule has 1 aliphatic carbocycles. The van der Waals surface area contributed by atoms with Crippen molar-refractivity contribution in [3.63, 3.8) is 0 Å². The molecule has 0 saturated carbocycles.